The summed E-state index contributed by atoms with van der Waals surface area (Å²) in [6.45, 7) is 5.10. The Kier molecular flexibility index (Phi) is 7.92. The van der Waals surface area contributed by atoms with Crippen molar-refractivity contribution in [3.63, 3.8) is 0 Å². The van der Waals surface area contributed by atoms with Crippen molar-refractivity contribution in [1.29, 1.82) is 0 Å². The summed E-state index contributed by atoms with van der Waals surface area (Å²) in [7, 11) is 0. The van der Waals surface area contributed by atoms with Crippen molar-refractivity contribution in [2.24, 2.45) is 4.99 Å². The predicted molar refractivity (Wildman–Crippen MR) is 117 cm³/mol. The topological polar surface area (TPSA) is 66.0 Å². The van der Waals surface area contributed by atoms with Gasteiger partial charge >= 0.3 is 0 Å². The summed E-state index contributed by atoms with van der Waals surface area (Å²) >= 11 is 0. The number of carbonyl (C=O) groups is 1. The molecule has 6 nitrogen and oxygen atoms in total. The molecule has 3 rings (SSSR count). The summed E-state index contributed by atoms with van der Waals surface area (Å²) in [4.78, 5) is 18.8. The van der Waals surface area contributed by atoms with Crippen molar-refractivity contribution in [3.05, 3.63) is 60.2 Å². The number of hydrogen-bond acceptors (Lipinski definition) is 3. The lowest BCUT2D eigenvalue weighted by Crippen LogP contribution is -2.40. The average molecular weight is 395 g/mol. The number of hydrogen-bond donors (Lipinski definition) is 2. The van der Waals surface area contributed by atoms with E-state index in [9.17, 15) is 4.79 Å². The highest BCUT2D eigenvalue weighted by atomic mass is 16.5. The number of piperidine rings is 1. The minimum atomic E-state index is -0.115. The molecule has 1 saturated heterocycles. The summed E-state index contributed by atoms with van der Waals surface area (Å²) in [6, 6.07) is 17.9. The van der Waals surface area contributed by atoms with Gasteiger partial charge in [-0.3, -0.25) is 4.79 Å². The van der Waals surface area contributed by atoms with E-state index in [0.717, 1.165) is 30.3 Å². The fraction of sp³-hybridized carbons (Fsp3) is 0.391. The average Bonchev–Trinajstić information content (AvgIpc) is 2.77. The largest absolute Gasteiger partial charge is 0.484 e. The van der Waals surface area contributed by atoms with Crippen LogP contribution in [0.2, 0.25) is 0 Å². The maximum atomic E-state index is 11.6. The number of guanidine groups is 1. The van der Waals surface area contributed by atoms with Crippen LogP contribution in [0.4, 0.5) is 5.69 Å². The number of anilines is 1. The molecule has 1 aliphatic heterocycles. The van der Waals surface area contributed by atoms with E-state index in [0.29, 0.717) is 18.8 Å². The molecule has 0 saturated carbocycles. The molecule has 0 spiro atoms. The summed E-state index contributed by atoms with van der Waals surface area (Å²) in [5.74, 6) is 1.47. The van der Waals surface area contributed by atoms with Gasteiger partial charge in [0.1, 0.15) is 5.75 Å². The lowest BCUT2D eigenvalue weighted by molar-refractivity contribution is -0.122. The quantitative estimate of drug-likeness (QED) is 0.556. The SMILES string of the molecule is CCNC(=O)COc1cccc(CN=C(Nc2ccccc2)N2CCCCC2)c1. The molecular weight excluding hydrogens is 364 g/mol. The summed E-state index contributed by atoms with van der Waals surface area (Å²) in [5.41, 5.74) is 2.08. The van der Waals surface area contributed by atoms with Gasteiger partial charge in [0.25, 0.3) is 5.91 Å². The summed E-state index contributed by atoms with van der Waals surface area (Å²) in [5, 5.41) is 6.21. The Labute approximate surface area is 173 Å². The van der Waals surface area contributed by atoms with E-state index in [2.05, 4.69) is 27.7 Å². The molecule has 29 heavy (non-hydrogen) atoms. The van der Waals surface area contributed by atoms with Gasteiger partial charge in [-0.05, 0) is 56.0 Å². The number of para-hydroxylation sites is 1. The molecule has 1 fully saturated rings. The third kappa shape index (κ3) is 6.82. The van der Waals surface area contributed by atoms with Crippen LogP contribution in [-0.4, -0.2) is 43.0 Å². The van der Waals surface area contributed by atoms with E-state index in [1.807, 2.05) is 49.4 Å². The van der Waals surface area contributed by atoms with Gasteiger partial charge in [0.05, 0.1) is 6.54 Å². The monoisotopic (exact) mass is 394 g/mol. The highest BCUT2D eigenvalue weighted by Gasteiger charge is 2.15. The Hall–Kier alpha value is -3.02. The van der Waals surface area contributed by atoms with E-state index in [1.54, 1.807) is 0 Å². The van der Waals surface area contributed by atoms with Crippen LogP contribution >= 0.6 is 0 Å². The van der Waals surface area contributed by atoms with Crippen LogP contribution in [0, 0.1) is 0 Å². The first kappa shape index (κ1) is 20.7. The minimum Gasteiger partial charge on any atom is -0.484 e. The fourth-order valence-corrected chi connectivity index (χ4v) is 3.27. The molecule has 0 bridgehead atoms. The number of nitrogens with zero attached hydrogens (tertiary/aromatic N) is 2. The molecule has 0 atom stereocenters. The maximum absolute atomic E-state index is 11.6. The molecule has 154 valence electrons. The molecule has 0 aromatic heterocycles. The van der Waals surface area contributed by atoms with Crippen molar-refractivity contribution < 1.29 is 9.53 Å². The van der Waals surface area contributed by atoms with Crippen LogP contribution in [0.5, 0.6) is 5.75 Å². The van der Waals surface area contributed by atoms with Crippen molar-refractivity contribution in [3.8, 4) is 5.75 Å². The van der Waals surface area contributed by atoms with Crippen molar-refractivity contribution in [2.75, 3.05) is 31.6 Å². The van der Waals surface area contributed by atoms with Crippen molar-refractivity contribution in [1.82, 2.24) is 10.2 Å². The van der Waals surface area contributed by atoms with Gasteiger partial charge in [-0.15, -0.1) is 0 Å². The standard InChI is InChI=1S/C23H30N4O2/c1-2-24-22(28)18-29-21-13-9-10-19(16-21)17-25-23(27-14-7-4-8-15-27)26-20-11-5-3-6-12-20/h3,5-6,9-13,16H,2,4,7-8,14-15,17-18H2,1H3,(H,24,28)(H,25,26). The van der Waals surface area contributed by atoms with Gasteiger partial charge < -0.3 is 20.3 Å². The second kappa shape index (κ2) is 11.1. The normalized spacial score (nSPS) is 14.4. The van der Waals surface area contributed by atoms with Gasteiger partial charge in [-0.2, -0.15) is 0 Å². The molecular formula is C23H30N4O2. The number of rotatable bonds is 7. The molecule has 6 heteroatoms. The number of benzene rings is 2. The zero-order valence-electron chi connectivity index (χ0n) is 17.1. The highest BCUT2D eigenvalue weighted by molar-refractivity contribution is 5.93. The zero-order valence-corrected chi connectivity index (χ0v) is 17.1. The Bertz CT molecular complexity index is 802. The zero-order chi connectivity index (χ0) is 20.3. The van der Waals surface area contributed by atoms with E-state index in [4.69, 9.17) is 9.73 Å². The predicted octanol–water partition coefficient (Wildman–Crippen LogP) is 3.66. The summed E-state index contributed by atoms with van der Waals surface area (Å²) in [6.07, 6.45) is 3.66. The molecule has 0 radical (unpaired) electrons. The van der Waals surface area contributed by atoms with Gasteiger partial charge in [0, 0.05) is 25.3 Å². The number of likely N-dealkylation sites (N-methyl/N-ethyl adjacent to an activating group) is 1. The molecule has 2 N–H and O–H groups in total. The van der Waals surface area contributed by atoms with Crippen LogP contribution in [-0.2, 0) is 11.3 Å². The third-order valence-corrected chi connectivity index (χ3v) is 4.74. The molecule has 1 amide bonds. The first-order valence-electron chi connectivity index (χ1n) is 10.3. The fourth-order valence-electron chi connectivity index (χ4n) is 3.27. The Morgan fingerprint density at radius 3 is 2.62 bits per heavy atom. The van der Waals surface area contributed by atoms with Crippen LogP contribution in [0.25, 0.3) is 0 Å². The van der Waals surface area contributed by atoms with E-state index >= 15 is 0 Å². The van der Waals surface area contributed by atoms with Crippen molar-refractivity contribution in [2.45, 2.75) is 32.7 Å². The number of ether oxygens (including phenoxy) is 1. The van der Waals surface area contributed by atoms with Crippen LogP contribution in [0.15, 0.2) is 59.6 Å². The molecule has 2 aromatic carbocycles. The highest BCUT2D eigenvalue weighted by Crippen LogP contribution is 2.16. The van der Waals surface area contributed by atoms with Crippen molar-refractivity contribution >= 4 is 17.6 Å². The molecule has 2 aromatic rings. The van der Waals surface area contributed by atoms with Gasteiger partial charge in [-0.1, -0.05) is 30.3 Å². The number of nitrogens with one attached hydrogen (secondary N) is 2. The molecule has 1 aliphatic rings. The Morgan fingerprint density at radius 2 is 1.86 bits per heavy atom. The third-order valence-electron chi connectivity index (χ3n) is 4.74. The number of likely N-dealkylation sites (tertiary alicyclic amines) is 1. The number of amides is 1. The lowest BCUT2D eigenvalue weighted by Gasteiger charge is -2.30. The van der Waals surface area contributed by atoms with Gasteiger partial charge in [-0.25, -0.2) is 4.99 Å². The first-order chi connectivity index (χ1) is 14.2. The number of aliphatic imine (C=N–C) groups is 1. The van der Waals surface area contributed by atoms with Crippen LogP contribution in [0.1, 0.15) is 31.7 Å². The van der Waals surface area contributed by atoms with Gasteiger partial charge in [0.15, 0.2) is 12.6 Å². The van der Waals surface area contributed by atoms with E-state index in [-0.39, 0.29) is 12.5 Å². The Morgan fingerprint density at radius 1 is 1.07 bits per heavy atom. The molecule has 0 aliphatic carbocycles. The van der Waals surface area contributed by atoms with Crippen LogP contribution in [0.3, 0.4) is 0 Å². The maximum Gasteiger partial charge on any atom is 0.257 e. The minimum absolute atomic E-state index is 0.0230. The first-order valence-corrected chi connectivity index (χ1v) is 10.3. The Balaban J connectivity index is 1.67. The lowest BCUT2D eigenvalue weighted by atomic mass is 10.1. The smallest absolute Gasteiger partial charge is 0.257 e. The van der Waals surface area contributed by atoms with Gasteiger partial charge in [0.2, 0.25) is 0 Å². The molecule has 0 unspecified atom stereocenters. The summed E-state index contributed by atoms with van der Waals surface area (Å²) < 4.78 is 5.59. The van der Waals surface area contributed by atoms with E-state index < -0.39 is 0 Å². The second-order valence-electron chi connectivity index (χ2n) is 7.07. The van der Waals surface area contributed by atoms with Crippen LogP contribution < -0.4 is 15.4 Å². The second-order valence-corrected chi connectivity index (χ2v) is 7.07. The number of carbonyl (C=O) groups excluding carboxylic acids is 1. The molecule has 1 heterocycles. The van der Waals surface area contributed by atoms with E-state index in [1.165, 1.54) is 19.3 Å².